The predicted molar refractivity (Wildman–Crippen MR) is 131 cm³/mol. The molecule has 2 aromatic carbocycles. The second kappa shape index (κ2) is 11.9. The summed E-state index contributed by atoms with van der Waals surface area (Å²) in [4.78, 5) is 27.6. The largest absolute Gasteiger partial charge is 0.354 e. The zero-order valence-electron chi connectivity index (χ0n) is 19.7. The van der Waals surface area contributed by atoms with Crippen LogP contribution in [0.25, 0.3) is 0 Å². The molecule has 1 N–H and O–H groups in total. The van der Waals surface area contributed by atoms with Crippen molar-refractivity contribution in [3.63, 3.8) is 0 Å². The van der Waals surface area contributed by atoms with Crippen molar-refractivity contribution < 1.29 is 9.59 Å². The van der Waals surface area contributed by atoms with E-state index in [4.69, 9.17) is 0 Å². The Bertz CT molecular complexity index is 874. The second-order valence-electron chi connectivity index (χ2n) is 8.75. The van der Waals surface area contributed by atoms with Crippen molar-refractivity contribution in [3.05, 3.63) is 70.3 Å². The Hall–Kier alpha value is -2.27. The number of aryl methyl sites for hydroxylation is 3. The normalized spacial score (nSPS) is 12.0. The summed E-state index contributed by atoms with van der Waals surface area (Å²) >= 11 is 1.60. The van der Waals surface area contributed by atoms with Crippen LogP contribution in [0.4, 0.5) is 0 Å². The highest BCUT2D eigenvalue weighted by atomic mass is 32.2. The highest BCUT2D eigenvalue weighted by Crippen LogP contribution is 2.19. The number of hydrogen-bond donors (Lipinski definition) is 1. The van der Waals surface area contributed by atoms with Gasteiger partial charge in [0.2, 0.25) is 11.8 Å². The maximum Gasteiger partial charge on any atom is 0.242 e. The highest BCUT2D eigenvalue weighted by molar-refractivity contribution is 7.99. The molecule has 0 aliphatic heterocycles. The Labute approximate surface area is 191 Å². The topological polar surface area (TPSA) is 49.4 Å². The van der Waals surface area contributed by atoms with Gasteiger partial charge in [-0.05, 0) is 50.3 Å². The van der Waals surface area contributed by atoms with Crippen LogP contribution in [0.1, 0.15) is 48.6 Å². The minimum Gasteiger partial charge on any atom is -0.354 e. The van der Waals surface area contributed by atoms with Crippen molar-refractivity contribution >= 4 is 23.6 Å². The predicted octanol–water partition coefficient (Wildman–Crippen LogP) is 5.03. The first-order chi connectivity index (χ1) is 14.7. The van der Waals surface area contributed by atoms with Gasteiger partial charge in [0.05, 0.1) is 5.75 Å². The van der Waals surface area contributed by atoms with Gasteiger partial charge in [0.25, 0.3) is 0 Å². The van der Waals surface area contributed by atoms with Crippen LogP contribution in [0.15, 0.2) is 42.5 Å². The molecule has 0 fully saturated rings. The first kappa shape index (κ1) is 25.0. The van der Waals surface area contributed by atoms with Gasteiger partial charge >= 0.3 is 0 Å². The molecular formula is C26H36N2O2S. The molecule has 5 heteroatoms. The summed E-state index contributed by atoms with van der Waals surface area (Å²) in [5, 5.41) is 2.97. The van der Waals surface area contributed by atoms with Crippen molar-refractivity contribution in [2.45, 2.75) is 59.9 Å². The van der Waals surface area contributed by atoms with Gasteiger partial charge in [-0.1, -0.05) is 67.4 Å². The minimum atomic E-state index is -0.521. The minimum absolute atomic E-state index is 0.00942. The van der Waals surface area contributed by atoms with Crippen LogP contribution in [0, 0.1) is 26.7 Å². The summed E-state index contributed by atoms with van der Waals surface area (Å²) in [5.41, 5.74) is 5.89. The summed E-state index contributed by atoms with van der Waals surface area (Å²) in [6.07, 6.45) is 0. The number of amides is 2. The number of carbonyl (C=O) groups excluding carboxylic acids is 2. The van der Waals surface area contributed by atoms with Crippen LogP contribution in [0.3, 0.4) is 0 Å². The van der Waals surface area contributed by atoms with Crippen LogP contribution in [-0.4, -0.2) is 35.1 Å². The van der Waals surface area contributed by atoms with Gasteiger partial charge in [-0.3, -0.25) is 9.59 Å². The van der Waals surface area contributed by atoms with E-state index in [2.05, 4.69) is 51.2 Å². The van der Waals surface area contributed by atoms with Gasteiger partial charge in [-0.15, -0.1) is 11.8 Å². The molecule has 2 amide bonds. The zero-order valence-corrected chi connectivity index (χ0v) is 20.5. The molecule has 2 rings (SSSR count). The van der Waals surface area contributed by atoms with E-state index in [1.165, 1.54) is 16.7 Å². The maximum atomic E-state index is 13.2. The fraction of sp³-hybridized carbons (Fsp3) is 0.462. The lowest BCUT2D eigenvalue weighted by molar-refractivity contribution is -0.138. The fourth-order valence-electron chi connectivity index (χ4n) is 3.50. The van der Waals surface area contributed by atoms with E-state index in [1.54, 1.807) is 16.7 Å². The van der Waals surface area contributed by atoms with Gasteiger partial charge in [0.1, 0.15) is 6.04 Å². The fourth-order valence-corrected chi connectivity index (χ4v) is 4.34. The van der Waals surface area contributed by atoms with Crippen molar-refractivity contribution in [3.8, 4) is 0 Å². The summed E-state index contributed by atoms with van der Waals surface area (Å²) in [7, 11) is 0. The number of nitrogens with one attached hydrogen (secondary N) is 1. The molecule has 0 aromatic heterocycles. The monoisotopic (exact) mass is 440 g/mol. The maximum absolute atomic E-state index is 13.2. The number of nitrogens with zero attached hydrogens (tertiary/aromatic N) is 1. The van der Waals surface area contributed by atoms with Crippen LogP contribution < -0.4 is 5.32 Å². The quantitative estimate of drug-likeness (QED) is 0.563. The number of carbonyl (C=O) groups is 2. The molecule has 0 heterocycles. The molecule has 2 aromatic rings. The molecule has 4 nitrogen and oxygen atoms in total. The zero-order chi connectivity index (χ0) is 23.0. The first-order valence-corrected chi connectivity index (χ1v) is 12.1. The third-order valence-electron chi connectivity index (χ3n) is 5.23. The SMILES string of the molecule is Cc1cc(C)cc(CSCC(=O)N(Cc2ccccc2C)[C@@H](C)C(=O)NCC(C)C)c1. The second-order valence-corrected chi connectivity index (χ2v) is 9.74. The molecule has 0 spiro atoms. The Morgan fingerprint density at radius 2 is 1.65 bits per heavy atom. The summed E-state index contributed by atoms with van der Waals surface area (Å²) in [5.74, 6) is 1.38. The lowest BCUT2D eigenvalue weighted by atomic mass is 10.1. The number of thioether (sulfide) groups is 1. The van der Waals surface area contributed by atoms with Crippen molar-refractivity contribution in [1.29, 1.82) is 0 Å². The first-order valence-electron chi connectivity index (χ1n) is 10.9. The lowest BCUT2D eigenvalue weighted by Gasteiger charge is -2.29. The van der Waals surface area contributed by atoms with E-state index in [0.717, 1.165) is 16.9 Å². The van der Waals surface area contributed by atoms with Gasteiger partial charge < -0.3 is 10.2 Å². The average Bonchev–Trinajstić information content (AvgIpc) is 2.70. The molecule has 0 aliphatic carbocycles. The molecule has 31 heavy (non-hydrogen) atoms. The number of hydrogen-bond acceptors (Lipinski definition) is 3. The Kier molecular flexibility index (Phi) is 9.63. The van der Waals surface area contributed by atoms with Crippen LogP contribution >= 0.6 is 11.8 Å². The third-order valence-corrected chi connectivity index (χ3v) is 6.22. The van der Waals surface area contributed by atoms with E-state index in [1.807, 2.05) is 38.1 Å². The third kappa shape index (κ3) is 8.06. The highest BCUT2D eigenvalue weighted by Gasteiger charge is 2.26. The van der Waals surface area contributed by atoms with Crippen LogP contribution in [0.2, 0.25) is 0 Å². The van der Waals surface area contributed by atoms with Crippen molar-refractivity contribution in [2.24, 2.45) is 5.92 Å². The summed E-state index contributed by atoms with van der Waals surface area (Å²) in [6.45, 7) is 13.2. The Balaban J connectivity index is 2.09. The number of benzene rings is 2. The van der Waals surface area contributed by atoms with E-state index >= 15 is 0 Å². The Morgan fingerprint density at radius 3 is 2.26 bits per heavy atom. The van der Waals surface area contributed by atoms with E-state index in [9.17, 15) is 9.59 Å². The summed E-state index contributed by atoms with van der Waals surface area (Å²) < 4.78 is 0. The standard InChI is InChI=1S/C26H36N2O2S/c1-18(2)14-27-26(30)22(6)28(15-24-10-8-7-9-21(24)5)25(29)17-31-16-23-12-19(3)11-20(4)13-23/h7-13,18,22H,14-17H2,1-6H3,(H,27,30)/t22-/m0/s1. The van der Waals surface area contributed by atoms with E-state index in [0.29, 0.717) is 24.8 Å². The summed E-state index contributed by atoms with van der Waals surface area (Å²) in [6, 6.07) is 14.0. The van der Waals surface area contributed by atoms with Gasteiger partial charge in [-0.25, -0.2) is 0 Å². The molecule has 1 atom stereocenters. The molecule has 0 unspecified atom stereocenters. The molecular weight excluding hydrogens is 404 g/mol. The van der Waals surface area contributed by atoms with Crippen LogP contribution in [-0.2, 0) is 21.9 Å². The average molecular weight is 441 g/mol. The molecule has 0 radical (unpaired) electrons. The lowest BCUT2D eigenvalue weighted by Crippen LogP contribution is -2.48. The Morgan fingerprint density at radius 1 is 1.00 bits per heavy atom. The molecule has 0 bridgehead atoms. The smallest absolute Gasteiger partial charge is 0.242 e. The van der Waals surface area contributed by atoms with E-state index in [-0.39, 0.29) is 11.8 Å². The van der Waals surface area contributed by atoms with E-state index < -0.39 is 6.04 Å². The van der Waals surface area contributed by atoms with Crippen molar-refractivity contribution in [2.75, 3.05) is 12.3 Å². The van der Waals surface area contributed by atoms with Crippen molar-refractivity contribution in [1.82, 2.24) is 10.2 Å². The van der Waals surface area contributed by atoms with Gasteiger partial charge in [0.15, 0.2) is 0 Å². The van der Waals surface area contributed by atoms with Gasteiger partial charge in [-0.2, -0.15) is 0 Å². The number of rotatable bonds is 10. The van der Waals surface area contributed by atoms with Gasteiger partial charge in [0, 0.05) is 18.8 Å². The molecule has 168 valence electrons. The van der Waals surface area contributed by atoms with Crippen LogP contribution in [0.5, 0.6) is 0 Å². The molecule has 0 saturated heterocycles. The molecule has 0 saturated carbocycles. The molecule has 0 aliphatic rings.